The standard InChI is InChI=1S/C14H7F3N2O/c15-9-6-11(17)10(16)5-8(9)13-18-12-4-2-1-3-7(12)14(20)19-13/h1-6H,(H,18,19,20). The van der Waals surface area contributed by atoms with Gasteiger partial charge in [0.1, 0.15) is 11.6 Å². The van der Waals surface area contributed by atoms with Gasteiger partial charge in [0.25, 0.3) is 5.56 Å². The van der Waals surface area contributed by atoms with E-state index < -0.39 is 23.0 Å². The van der Waals surface area contributed by atoms with Gasteiger partial charge < -0.3 is 4.98 Å². The molecular formula is C14H7F3N2O. The molecule has 1 N–H and O–H groups in total. The van der Waals surface area contributed by atoms with E-state index in [-0.39, 0.29) is 11.4 Å². The fraction of sp³-hybridized carbons (Fsp3) is 0. The summed E-state index contributed by atoms with van der Waals surface area (Å²) in [7, 11) is 0. The van der Waals surface area contributed by atoms with E-state index in [0.29, 0.717) is 23.0 Å². The lowest BCUT2D eigenvalue weighted by Gasteiger charge is -2.05. The summed E-state index contributed by atoms with van der Waals surface area (Å²) in [5.74, 6) is -3.65. The number of para-hydroxylation sites is 1. The Bertz CT molecular complexity index is 874. The Labute approximate surface area is 110 Å². The van der Waals surface area contributed by atoms with Crippen molar-refractivity contribution in [2.75, 3.05) is 0 Å². The van der Waals surface area contributed by atoms with Crippen molar-refractivity contribution in [1.29, 1.82) is 0 Å². The van der Waals surface area contributed by atoms with Crippen LogP contribution in [-0.2, 0) is 0 Å². The molecule has 0 aliphatic heterocycles. The van der Waals surface area contributed by atoms with Crippen LogP contribution in [0.4, 0.5) is 13.2 Å². The molecular weight excluding hydrogens is 269 g/mol. The molecule has 0 spiro atoms. The van der Waals surface area contributed by atoms with E-state index in [9.17, 15) is 18.0 Å². The van der Waals surface area contributed by atoms with Gasteiger partial charge in [0.2, 0.25) is 0 Å². The number of hydrogen-bond acceptors (Lipinski definition) is 2. The average molecular weight is 276 g/mol. The summed E-state index contributed by atoms with van der Waals surface area (Å²) in [5.41, 5.74) is -0.433. The first-order valence-electron chi connectivity index (χ1n) is 5.70. The monoisotopic (exact) mass is 276 g/mol. The molecule has 3 aromatic rings. The van der Waals surface area contributed by atoms with Crippen molar-refractivity contribution in [1.82, 2.24) is 9.97 Å². The Morgan fingerprint density at radius 1 is 0.950 bits per heavy atom. The van der Waals surface area contributed by atoms with E-state index >= 15 is 0 Å². The lowest BCUT2D eigenvalue weighted by molar-refractivity contribution is 0.496. The smallest absolute Gasteiger partial charge is 0.259 e. The highest BCUT2D eigenvalue weighted by Gasteiger charge is 2.14. The summed E-state index contributed by atoms with van der Waals surface area (Å²) < 4.78 is 39.8. The molecule has 2 aromatic carbocycles. The first-order chi connectivity index (χ1) is 9.56. The van der Waals surface area contributed by atoms with Crippen molar-refractivity contribution in [2.45, 2.75) is 0 Å². The largest absolute Gasteiger partial charge is 0.306 e. The topological polar surface area (TPSA) is 45.8 Å². The highest BCUT2D eigenvalue weighted by atomic mass is 19.2. The van der Waals surface area contributed by atoms with Crippen LogP contribution in [0.15, 0.2) is 41.2 Å². The molecule has 0 saturated carbocycles. The molecule has 0 bridgehead atoms. The summed E-state index contributed by atoms with van der Waals surface area (Å²) in [6.45, 7) is 0. The summed E-state index contributed by atoms with van der Waals surface area (Å²) in [6, 6.07) is 7.55. The highest BCUT2D eigenvalue weighted by Crippen LogP contribution is 2.22. The van der Waals surface area contributed by atoms with Gasteiger partial charge in [-0.25, -0.2) is 18.2 Å². The summed E-state index contributed by atoms with van der Waals surface area (Å²) >= 11 is 0. The molecule has 100 valence electrons. The second-order valence-corrected chi connectivity index (χ2v) is 4.18. The Kier molecular flexibility index (Phi) is 2.78. The number of benzene rings is 2. The van der Waals surface area contributed by atoms with E-state index in [2.05, 4.69) is 9.97 Å². The van der Waals surface area contributed by atoms with Crippen LogP contribution in [0.1, 0.15) is 0 Å². The normalized spacial score (nSPS) is 10.9. The minimum Gasteiger partial charge on any atom is -0.306 e. The SMILES string of the molecule is O=c1[nH]c(-c2cc(F)c(F)cc2F)nc2ccccc12. The molecule has 3 rings (SSSR count). The van der Waals surface area contributed by atoms with Gasteiger partial charge in [0.15, 0.2) is 11.6 Å². The number of aromatic amines is 1. The number of nitrogens with one attached hydrogen (secondary N) is 1. The van der Waals surface area contributed by atoms with Crippen molar-refractivity contribution in [2.24, 2.45) is 0 Å². The van der Waals surface area contributed by atoms with Crippen LogP contribution in [0.3, 0.4) is 0 Å². The van der Waals surface area contributed by atoms with E-state index in [1.807, 2.05) is 0 Å². The van der Waals surface area contributed by atoms with Crippen LogP contribution >= 0.6 is 0 Å². The number of halogens is 3. The van der Waals surface area contributed by atoms with Crippen molar-refractivity contribution in [3.63, 3.8) is 0 Å². The van der Waals surface area contributed by atoms with Gasteiger partial charge >= 0.3 is 0 Å². The maximum atomic E-state index is 13.7. The van der Waals surface area contributed by atoms with E-state index in [0.717, 1.165) is 0 Å². The molecule has 0 radical (unpaired) electrons. The Balaban J connectivity index is 2.30. The molecule has 0 amide bonds. The van der Waals surface area contributed by atoms with Crippen molar-refractivity contribution < 1.29 is 13.2 Å². The second kappa shape index (κ2) is 4.48. The van der Waals surface area contributed by atoms with Crippen LogP contribution in [0.25, 0.3) is 22.3 Å². The Morgan fingerprint density at radius 2 is 1.65 bits per heavy atom. The number of nitrogens with zero attached hydrogens (tertiary/aromatic N) is 1. The summed E-state index contributed by atoms with van der Waals surface area (Å²) in [4.78, 5) is 18.3. The Hall–Kier alpha value is -2.63. The van der Waals surface area contributed by atoms with Crippen LogP contribution < -0.4 is 5.56 Å². The minimum absolute atomic E-state index is 0.148. The second-order valence-electron chi connectivity index (χ2n) is 4.18. The zero-order valence-electron chi connectivity index (χ0n) is 9.95. The third-order valence-corrected chi connectivity index (χ3v) is 2.88. The quantitative estimate of drug-likeness (QED) is 0.694. The maximum absolute atomic E-state index is 13.7. The Morgan fingerprint density at radius 3 is 2.45 bits per heavy atom. The zero-order chi connectivity index (χ0) is 14.3. The molecule has 1 aromatic heterocycles. The predicted molar refractivity (Wildman–Crippen MR) is 67.7 cm³/mol. The molecule has 0 aliphatic carbocycles. The third kappa shape index (κ3) is 1.95. The molecule has 0 saturated heterocycles. The molecule has 6 heteroatoms. The minimum atomic E-state index is -1.30. The van der Waals surface area contributed by atoms with Gasteiger partial charge in [-0.1, -0.05) is 12.1 Å². The van der Waals surface area contributed by atoms with Crippen LogP contribution in [0.2, 0.25) is 0 Å². The number of aromatic nitrogens is 2. The first kappa shape index (κ1) is 12.4. The molecule has 1 heterocycles. The number of rotatable bonds is 1. The third-order valence-electron chi connectivity index (χ3n) is 2.88. The lowest BCUT2D eigenvalue weighted by atomic mass is 10.1. The van der Waals surface area contributed by atoms with E-state index in [1.165, 1.54) is 0 Å². The molecule has 0 atom stereocenters. The summed E-state index contributed by atoms with van der Waals surface area (Å²) in [6.07, 6.45) is 0. The lowest BCUT2D eigenvalue weighted by Crippen LogP contribution is -2.10. The van der Waals surface area contributed by atoms with Crippen molar-refractivity contribution >= 4 is 10.9 Å². The predicted octanol–water partition coefficient (Wildman–Crippen LogP) is 3.01. The van der Waals surface area contributed by atoms with Gasteiger partial charge in [0, 0.05) is 6.07 Å². The fourth-order valence-corrected chi connectivity index (χ4v) is 1.92. The zero-order valence-corrected chi connectivity index (χ0v) is 9.95. The van der Waals surface area contributed by atoms with Gasteiger partial charge in [-0.2, -0.15) is 0 Å². The van der Waals surface area contributed by atoms with Crippen LogP contribution in [0, 0.1) is 17.5 Å². The maximum Gasteiger partial charge on any atom is 0.259 e. The highest BCUT2D eigenvalue weighted by molar-refractivity contribution is 5.79. The molecule has 0 unspecified atom stereocenters. The van der Waals surface area contributed by atoms with E-state index in [4.69, 9.17) is 0 Å². The van der Waals surface area contributed by atoms with Gasteiger partial charge in [-0.15, -0.1) is 0 Å². The molecule has 0 aliphatic rings. The number of H-pyrrole nitrogens is 1. The van der Waals surface area contributed by atoms with Gasteiger partial charge in [-0.3, -0.25) is 4.79 Å². The first-order valence-corrected chi connectivity index (χ1v) is 5.70. The van der Waals surface area contributed by atoms with Gasteiger partial charge in [-0.05, 0) is 18.2 Å². The summed E-state index contributed by atoms with van der Waals surface area (Å²) in [5, 5.41) is 0.333. The fourth-order valence-electron chi connectivity index (χ4n) is 1.92. The van der Waals surface area contributed by atoms with Gasteiger partial charge in [0.05, 0.1) is 16.5 Å². The molecule has 20 heavy (non-hydrogen) atoms. The molecule has 3 nitrogen and oxygen atoms in total. The van der Waals surface area contributed by atoms with Crippen LogP contribution in [-0.4, -0.2) is 9.97 Å². The number of hydrogen-bond donors (Lipinski definition) is 1. The van der Waals surface area contributed by atoms with Crippen molar-refractivity contribution in [3.8, 4) is 11.4 Å². The van der Waals surface area contributed by atoms with E-state index in [1.54, 1.807) is 24.3 Å². The average Bonchev–Trinajstić information content (AvgIpc) is 2.43. The van der Waals surface area contributed by atoms with Crippen molar-refractivity contribution in [3.05, 3.63) is 64.2 Å². The molecule has 0 fully saturated rings. The van der Waals surface area contributed by atoms with Crippen LogP contribution in [0.5, 0.6) is 0 Å². The number of fused-ring (bicyclic) bond motifs is 1.